The summed E-state index contributed by atoms with van der Waals surface area (Å²) in [5.41, 5.74) is 10.3. The van der Waals surface area contributed by atoms with Gasteiger partial charge in [-0.1, -0.05) is 42.5 Å². The number of benzene rings is 3. The second-order valence-corrected chi connectivity index (χ2v) is 6.67. The van der Waals surface area contributed by atoms with Gasteiger partial charge in [0.25, 0.3) is 5.91 Å². The fraction of sp³-hybridized carbons (Fsp3) is 0.130. The van der Waals surface area contributed by atoms with E-state index in [1.807, 2.05) is 48.5 Å². The Morgan fingerprint density at radius 2 is 1.71 bits per heavy atom. The minimum absolute atomic E-state index is 0.120. The number of nitrogens with one attached hydrogen (secondary N) is 1. The zero-order valence-corrected chi connectivity index (χ0v) is 15.3. The van der Waals surface area contributed by atoms with Crippen molar-refractivity contribution in [3.63, 3.8) is 0 Å². The highest BCUT2D eigenvalue weighted by Gasteiger charge is 2.20. The molecule has 5 nitrogen and oxygen atoms in total. The first-order valence-corrected chi connectivity index (χ1v) is 9.18. The Balaban J connectivity index is 1.66. The molecule has 1 atom stereocenters. The third kappa shape index (κ3) is 4.04. The molecule has 0 aromatic heterocycles. The Kier molecular flexibility index (Phi) is 5.06. The van der Waals surface area contributed by atoms with E-state index in [2.05, 4.69) is 35.6 Å². The molecule has 1 aliphatic rings. The molecule has 0 spiro atoms. The first kappa shape index (κ1) is 17.8. The molecule has 0 radical (unpaired) electrons. The minimum atomic E-state index is -0.495. The smallest absolute Gasteiger partial charge is 0.255 e. The van der Waals surface area contributed by atoms with E-state index in [-0.39, 0.29) is 12.6 Å². The predicted octanol–water partition coefficient (Wildman–Crippen LogP) is 4.23. The highest BCUT2D eigenvalue weighted by molar-refractivity contribution is 6.04. The van der Waals surface area contributed by atoms with E-state index >= 15 is 0 Å². The number of fused-ring (bicyclic) bond motifs is 1. The van der Waals surface area contributed by atoms with Gasteiger partial charge in [-0.2, -0.15) is 0 Å². The van der Waals surface area contributed by atoms with Gasteiger partial charge in [0.15, 0.2) is 6.61 Å². The van der Waals surface area contributed by atoms with E-state index < -0.39 is 5.91 Å². The molecule has 3 aromatic rings. The molecule has 3 aromatic carbocycles. The average molecular weight is 371 g/mol. The summed E-state index contributed by atoms with van der Waals surface area (Å²) in [5.74, 6) is 0.112. The van der Waals surface area contributed by atoms with Crippen LogP contribution in [0.3, 0.4) is 0 Å². The number of nitrogens with zero attached hydrogens (tertiary/aromatic N) is 1. The number of hydrogen-bond donors (Lipinski definition) is 2. The molecule has 5 heteroatoms. The van der Waals surface area contributed by atoms with Gasteiger partial charge in [-0.25, -0.2) is 0 Å². The molecule has 1 amide bonds. The number of carbonyl (C=O) groups excluding carboxylic acids is 1. The van der Waals surface area contributed by atoms with Crippen molar-refractivity contribution in [3.05, 3.63) is 90.0 Å². The van der Waals surface area contributed by atoms with Gasteiger partial charge in [0.05, 0.1) is 23.1 Å². The Morgan fingerprint density at radius 1 is 1.00 bits per heavy atom. The quantitative estimate of drug-likeness (QED) is 0.705. The molecule has 3 N–H and O–H groups in total. The molecule has 0 saturated carbocycles. The van der Waals surface area contributed by atoms with Crippen molar-refractivity contribution in [3.8, 4) is 5.75 Å². The highest BCUT2D eigenvalue weighted by atomic mass is 16.5. The van der Waals surface area contributed by atoms with Crippen LogP contribution in [0.25, 0.3) is 0 Å². The van der Waals surface area contributed by atoms with E-state index in [0.717, 1.165) is 29.1 Å². The molecular weight excluding hydrogens is 350 g/mol. The molecular formula is C23H21N3O2. The number of hydrogen-bond acceptors (Lipinski definition) is 4. The normalized spacial score (nSPS) is 15.6. The maximum atomic E-state index is 10.9. The molecule has 0 bridgehead atoms. The van der Waals surface area contributed by atoms with Crippen molar-refractivity contribution in [2.45, 2.75) is 12.5 Å². The number of para-hydroxylation sites is 2. The number of amides is 1. The van der Waals surface area contributed by atoms with Crippen LogP contribution in [0, 0.1) is 0 Å². The molecule has 1 aliphatic heterocycles. The third-order valence-electron chi connectivity index (χ3n) is 4.66. The minimum Gasteiger partial charge on any atom is -0.484 e. The predicted molar refractivity (Wildman–Crippen MR) is 111 cm³/mol. The summed E-state index contributed by atoms with van der Waals surface area (Å²) in [4.78, 5) is 15.8. The lowest BCUT2D eigenvalue weighted by atomic mass is 9.97. The van der Waals surface area contributed by atoms with E-state index in [4.69, 9.17) is 15.5 Å². The second kappa shape index (κ2) is 7.96. The molecule has 0 saturated heterocycles. The van der Waals surface area contributed by atoms with Gasteiger partial charge < -0.3 is 15.8 Å². The number of nitrogens with two attached hydrogens (primary N) is 1. The average Bonchev–Trinajstić information content (AvgIpc) is 2.93. The van der Waals surface area contributed by atoms with E-state index in [1.165, 1.54) is 5.56 Å². The van der Waals surface area contributed by atoms with E-state index in [0.29, 0.717) is 5.75 Å². The van der Waals surface area contributed by atoms with Gasteiger partial charge in [0.2, 0.25) is 0 Å². The number of ether oxygens (including phenoxy) is 1. The fourth-order valence-electron chi connectivity index (χ4n) is 3.28. The lowest BCUT2D eigenvalue weighted by Crippen LogP contribution is -2.20. The van der Waals surface area contributed by atoms with Gasteiger partial charge >= 0.3 is 0 Å². The monoisotopic (exact) mass is 371 g/mol. The van der Waals surface area contributed by atoms with E-state index in [9.17, 15) is 4.79 Å². The van der Waals surface area contributed by atoms with Gasteiger partial charge in [-0.3, -0.25) is 9.79 Å². The largest absolute Gasteiger partial charge is 0.484 e. The van der Waals surface area contributed by atoms with Gasteiger partial charge in [-0.05, 0) is 47.5 Å². The van der Waals surface area contributed by atoms with Crippen LogP contribution >= 0.6 is 0 Å². The van der Waals surface area contributed by atoms with Crippen molar-refractivity contribution in [2.75, 3.05) is 11.9 Å². The molecule has 0 aliphatic carbocycles. The zero-order chi connectivity index (χ0) is 19.3. The summed E-state index contributed by atoms with van der Waals surface area (Å²) in [6.07, 6.45) is 0.750. The Morgan fingerprint density at radius 3 is 2.46 bits per heavy atom. The van der Waals surface area contributed by atoms with Crippen molar-refractivity contribution in [2.24, 2.45) is 10.7 Å². The van der Waals surface area contributed by atoms with Crippen molar-refractivity contribution in [1.82, 2.24) is 0 Å². The first-order valence-electron chi connectivity index (χ1n) is 9.18. The highest BCUT2D eigenvalue weighted by Crippen LogP contribution is 2.35. The van der Waals surface area contributed by atoms with Crippen LogP contribution in [0.5, 0.6) is 5.75 Å². The maximum Gasteiger partial charge on any atom is 0.255 e. The van der Waals surface area contributed by atoms with Crippen molar-refractivity contribution < 1.29 is 9.53 Å². The summed E-state index contributed by atoms with van der Waals surface area (Å²) in [7, 11) is 0. The summed E-state index contributed by atoms with van der Waals surface area (Å²) < 4.78 is 5.35. The molecule has 1 heterocycles. The molecule has 28 heavy (non-hydrogen) atoms. The number of anilines is 1. The van der Waals surface area contributed by atoms with Crippen LogP contribution < -0.4 is 15.8 Å². The van der Waals surface area contributed by atoms with Crippen LogP contribution in [-0.4, -0.2) is 18.2 Å². The number of carbonyl (C=O) groups is 1. The number of primary amides is 1. The van der Waals surface area contributed by atoms with Crippen LogP contribution in [0.4, 0.5) is 11.4 Å². The summed E-state index contributed by atoms with van der Waals surface area (Å²) in [5, 5.41) is 3.63. The van der Waals surface area contributed by atoms with Crippen LogP contribution in [-0.2, 0) is 4.79 Å². The maximum absolute atomic E-state index is 10.9. The first-order chi connectivity index (χ1) is 13.7. The molecule has 4 rings (SSSR count). The van der Waals surface area contributed by atoms with Crippen LogP contribution in [0.15, 0.2) is 83.9 Å². The van der Waals surface area contributed by atoms with E-state index in [1.54, 1.807) is 0 Å². The molecule has 140 valence electrons. The molecule has 0 fully saturated rings. The number of rotatable bonds is 5. The van der Waals surface area contributed by atoms with Gasteiger partial charge in [0.1, 0.15) is 5.75 Å². The summed E-state index contributed by atoms with van der Waals surface area (Å²) in [6, 6.07) is 26.2. The second-order valence-electron chi connectivity index (χ2n) is 6.67. The fourth-order valence-corrected chi connectivity index (χ4v) is 3.28. The van der Waals surface area contributed by atoms with Crippen LogP contribution in [0.2, 0.25) is 0 Å². The zero-order valence-electron chi connectivity index (χ0n) is 15.3. The van der Waals surface area contributed by atoms with Gasteiger partial charge in [0, 0.05) is 6.42 Å². The SMILES string of the molecule is NC(=O)COc1ccc(C2=Nc3ccccc3N[C@@H](c3ccccc3)C2)cc1. The topological polar surface area (TPSA) is 76.7 Å². The lowest BCUT2D eigenvalue weighted by molar-refractivity contribution is -0.119. The van der Waals surface area contributed by atoms with Crippen molar-refractivity contribution in [1.29, 1.82) is 0 Å². The lowest BCUT2D eigenvalue weighted by Gasteiger charge is -2.19. The Hall–Kier alpha value is -3.60. The Bertz CT molecular complexity index is 998. The standard InChI is InChI=1S/C23H21N3O2/c24-23(27)15-28-18-12-10-17(11-13-18)22-14-21(16-6-2-1-3-7-16)25-19-8-4-5-9-20(19)26-22/h1-13,21,25H,14-15H2,(H2,24,27)/t21-/m1/s1. The van der Waals surface area contributed by atoms with Crippen molar-refractivity contribution >= 4 is 23.0 Å². The van der Waals surface area contributed by atoms with Crippen LogP contribution in [0.1, 0.15) is 23.6 Å². The molecule has 0 unspecified atom stereocenters. The summed E-state index contributed by atoms with van der Waals surface area (Å²) >= 11 is 0. The number of aliphatic imine (C=N–C) groups is 1. The van der Waals surface area contributed by atoms with Gasteiger partial charge in [-0.15, -0.1) is 0 Å². The third-order valence-corrected chi connectivity index (χ3v) is 4.66. The Labute approximate surface area is 163 Å². The summed E-state index contributed by atoms with van der Waals surface area (Å²) in [6.45, 7) is -0.131.